The predicted octanol–water partition coefficient (Wildman–Crippen LogP) is 2.57. The van der Waals surface area contributed by atoms with Gasteiger partial charge in [-0.1, -0.05) is 11.2 Å². The van der Waals surface area contributed by atoms with Crippen molar-refractivity contribution in [1.29, 1.82) is 0 Å². The Hall–Kier alpha value is -2.41. The predicted molar refractivity (Wildman–Crippen MR) is 93.5 cm³/mol. The van der Waals surface area contributed by atoms with E-state index in [9.17, 15) is 9.18 Å². The van der Waals surface area contributed by atoms with Gasteiger partial charge in [0.25, 0.3) is 5.91 Å². The Bertz CT molecular complexity index is 767. The van der Waals surface area contributed by atoms with E-state index in [4.69, 9.17) is 9.26 Å². The highest BCUT2D eigenvalue weighted by molar-refractivity contribution is 5.91. The number of piperidine rings is 1. The third-order valence-corrected chi connectivity index (χ3v) is 5.21. The van der Waals surface area contributed by atoms with E-state index in [0.717, 1.165) is 25.1 Å². The van der Waals surface area contributed by atoms with E-state index >= 15 is 0 Å². The van der Waals surface area contributed by atoms with E-state index in [0.29, 0.717) is 32.8 Å². The molecule has 2 fully saturated rings. The van der Waals surface area contributed by atoms with Crippen LogP contribution in [0.25, 0.3) is 0 Å². The van der Waals surface area contributed by atoms with Gasteiger partial charge < -0.3 is 19.1 Å². The molecule has 1 spiro atoms. The zero-order chi connectivity index (χ0) is 18.0. The first-order valence-electron chi connectivity index (χ1n) is 8.94. The van der Waals surface area contributed by atoms with Crippen molar-refractivity contribution in [3.8, 4) is 0 Å². The molecule has 2 aliphatic rings. The molecule has 7 heteroatoms. The number of rotatable bonds is 2. The molecule has 0 unspecified atom stereocenters. The molecular weight excluding hydrogens is 337 g/mol. The van der Waals surface area contributed by atoms with Crippen LogP contribution in [0.15, 0.2) is 41.1 Å². The van der Waals surface area contributed by atoms with Gasteiger partial charge in [-0.05, 0) is 31.0 Å². The Morgan fingerprint density at radius 3 is 2.96 bits per heavy atom. The van der Waals surface area contributed by atoms with Gasteiger partial charge >= 0.3 is 0 Å². The first-order chi connectivity index (χ1) is 12.7. The molecule has 2 aromatic rings. The minimum Gasteiger partial charge on any atom is -0.379 e. The van der Waals surface area contributed by atoms with Crippen molar-refractivity contribution in [3.05, 3.63) is 48.1 Å². The number of amides is 1. The standard InChI is InChI=1S/C19H22FN3O3/c20-15-3-1-4-16(11-15)22-9-10-25-14-19(12-22)6-2-8-23(13-19)18(24)17-5-7-21-26-17/h1,3-5,7,11H,2,6,8-10,12-14H2/t19-/m0/s1. The summed E-state index contributed by atoms with van der Waals surface area (Å²) in [6, 6.07) is 8.24. The lowest BCUT2D eigenvalue weighted by atomic mass is 9.80. The molecule has 138 valence electrons. The van der Waals surface area contributed by atoms with Crippen molar-refractivity contribution >= 4 is 11.6 Å². The number of likely N-dealkylation sites (tertiary alicyclic amines) is 1. The zero-order valence-corrected chi connectivity index (χ0v) is 14.6. The van der Waals surface area contributed by atoms with E-state index in [1.54, 1.807) is 18.2 Å². The number of nitrogens with zero attached hydrogens (tertiary/aromatic N) is 3. The van der Waals surface area contributed by atoms with E-state index in [-0.39, 0.29) is 22.9 Å². The second kappa shape index (κ2) is 7.07. The van der Waals surface area contributed by atoms with Crippen molar-refractivity contribution in [2.45, 2.75) is 12.8 Å². The van der Waals surface area contributed by atoms with E-state index in [2.05, 4.69) is 10.1 Å². The smallest absolute Gasteiger partial charge is 0.292 e. The van der Waals surface area contributed by atoms with Gasteiger partial charge in [0.05, 0.1) is 19.4 Å². The van der Waals surface area contributed by atoms with Crippen LogP contribution >= 0.6 is 0 Å². The summed E-state index contributed by atoms with van der Waals surface area (Å²) < 4.78 is 24.6. The van der Waals surface area contributed by atoms with Crippen LogP contribution in [0, 0.1) is 11.2 Å². The lowest BCUT2D eigenvalue weighted by Gasteiger charge is -2.43. The first-order valence-corrected chi connectivity index (χ1v) is 8.94. The maximum absolute atomic E-state index is 13.7. The molecule has 6 nitrogen and oxygen atoms in total. The van der Waals surface area contributed by atoms with Crippen LogP contribution in [-0.2, 0) is 4.74 Å². The number of ether oxygens (including phenoxy) is 1. The Morgan fingerprint density at radius 2 is 2.15 bits per heavy atom. The van der Waals surface area contributed by atoms with Crippen molar-refractivity contribution < 1.29 is 18.4 Å². The normalized spacial score (nSPS) is 23.9. The van der Waals surface area contributed by atoms with Crippen molar-refractivity contribution in [3.63, 3.8) is 0 Å². The third-order valence-electron chi connectivity index (χ3n) is 5.21. The fourth-order valence-corrected chi connectivity index (χ4v) is 4.00. The molecule has 26 heavy (non-hydrogen) atoms. The molecule has 0 saturated carbocycles. The zero-order valence-electron chi connectivity index (χ0n) is 14.6. The number of carbonyl (C=O) groups is 1. The van der Waals surface area contributed by atoms with Crippen LogP contribution in [-0.4, -0.2) is 55.4 Å². The number of hydrogen-bond acceptors (Lipinski definition) is 5. The van der Waals surface area contributed by atoms with E-state index in [1.165, 1.54) is 12.3 Å². The lowest BCUT2D eigenvalue weighted by molar-refractivity contribution is 0.0119. The number of benzene rings is 1. The fourth-order valence-electron chi connectivity index (χ4n) is 4.00. The Balaban J connectivity index is 1.54. The molecule has 0 bridgehead atoms. The maximum Gasteiger partial charge on any atom is 0.292 e. The van der Waals surface area contributed by atoms with Gasteiger partial charge in [-0.2, -0.15) is 0 Å². The molecule has 1 amide bonds. The molecule has 1 aromatic heterocycles. The van der Waals surface area contributed by atoms with Gasteiger partial charge in [0.1, 0.15) is 5.82 Å². The second-order valence-corrected chi connectivity index (χ2v) is 7.16. The van der Waals surface area contributed by atoms with E-state index < -0.39 is 0 Å². The lowest BCUT2D eigenvalue weighted by Crippen LogP contribution is -2.52. The van der Waals surface area contributed by atoms with Gasteiger partial charge in [-0.25, -0.2) is 4.39 Å². The maximum atomic E-state index is 13.7. The highest BCUT2D eigenvalue weighted by Gasteiger charge is 2.41. The molecule has 0 N–H and O–H groups in total. The minimum absolute atomic E-state index is 0.136. The fraction of sp³-hybridized carbons (Fsp3) is 0.474. The molecule has 1 atom stereocenters. The number of anilines is 1. The van der Waals surface area contributed by atoms with Crippen LogP contribution in [0.5, 0.6) is 0 Å². The van der Waals surface area contributed by atoms with Crippen molar-refractivity contribution in [2.24, 2.45) is 5.41 Å². The summed E-state index contributed by atoms with van der Waals surface area (Å²) >= 11 is 0. The topological polar surface area (TPSA) is 58.8 Å². The highest BCUT2D eigenvalue weighted by atomic mass is 19.1. The molecular formula is C19H22FN3O3. The second-order valence-electron chi connectivity index (χ2n) is 7.16. The summed E-state index contributed by atoms with van der Waals surface area (Å²) in [5.41, 5.74) is 0.685. The largest absolute Gasteiger partial charge is 0.379 e. The Labute approximate surface area is 151 Å². The Morgan fingerprint density at radius 1 is 1.23 bits per heavy atom. The Kier molecular flexibility index (Phi) is 4.63. The van der Waals surface area contributed by atoms with Gasteiger partial charge in [0.15, 0.2) is 0 Å². The molecule has 0 aliphatic carbocycles. The molecule has 2 aliphatic heterocycles. The highest BCUT2D eigenvalue weighted by Crippen LogP contribution is 2.35. The van der Waals surface area contributed by atoms with Crippen LogP contribution in [0.1, 0.15) is 23.4 Å². The SMILES string of the molecule is O=C(c1ccno1)N1CCC[C@@]2(COCCN(c3cccc(F)c3)C2)C1. The summed E-state index contributed by atoms with van der Waals surface area (Å²) in [4.78, 5) is 16.6. The third kappa shape index (κ3) is 3.44. The number of halogens is 1. The van der Waals surface area contributed by atoms with Crippen LogP contribution in [0.2, 0.25) is 0 Å². The molecule has 2 saturated heterocycles. The van der Waals surface area contributed by atoms with E-state index in [1.807, 2.05) is 11.0 Å². The van der Waals surface area contributed by atoms with Crippen LogP contribution in [0.4, 0.5) is 10.1 Å². The summed E-state index contributed by atoms with van der Waals surface area (Å²) in [6.07, 6.45) is 3.35. The molecule has 4 rings (SSSR count). The van der Waals surface area contributed by atoms with Crippen molar-refractivity contribution in [2.75, 3.05) is 44.3 Å². The van der Waals surface area contributed by atoms with Gasteiger partial charge in [0.2, 0.25) is 5.76 Å². The number of carbonyl (C=O) groups excluding carboxylic acids is 1. The summed E-state index contributed by atoms with van der Waals surface area (Å²) in [5, 5.41) is 3.63. The average molecular weight is 359 g/mol. The molecule has 1 aromatic carbocycles. The molecule has 3 heterocycles. The van der Waals surface area contributed by atoms with Gasteiger partial charge in [-0.3, -0.25) is 4.79 Å². The summed E-state index contributed by atoms with van der Waals surface area (Å²) in [5.74, 6) is -0.116. The summed E-state index contributed by atoms with van der Waals surface area (Å²) in [7, 11) is 0. The minimum atomic E-state index is -0.243. The van der Waals surface area contributed by atoms with Gasteiger partial charge in [-0.15, -0.1) is 0 Å². The molecule has 0 radical (unpaired) electrons. The summed E-state index contributed by atoms with van der Waals surface area (Å²) in [6.45, 7) is 3.92. The van der Waals surface area contributed by atoms with Crippen LogP contribution in [0.3, 0.4) is 0 Å². The number of hydrogen-bond donors (Lipinski definition) is 0. The quantitative estimate of drug-likeness (QED) is 0.825. The number of aromatic nitrogens is 1. The van der Waals surface area contributed by atoms with Crippen molar-refractivity contribution in [1.82, 2.24) is 10.1 Å². The van der Waals surface area contributed by atoms with Gasteiger partial charge in [0, 0.05) is 43.3 Å². The average Bonchev–Trinajstić information content (AvgIpc) is 3.11. The first kappa shape index (κ1) is 17.0. The monoisotopic (exact) mass is 359 g/mol. The van der Waals surface area contributed by atoms with Crippen LogP contribution < -0.4 is 4.90 Å².